The first kappa shape index (κ1) is 43.6. The number of halogens is 7. The second-order valence-corrected chi connectivity index (χ2v) is 11.3. The number of nitrogens with one attached hydrogen (secondary N) is 2. The molecule has 0 unspecified atom stereocenters. The van der Waals surface area contributed by atoms with Crippen molar-refractivity contribution in [1.29, 1.82) is 0 Å². The smallest absolute Gasteiger partial charge is 0.871 e. The number of nitrogens with zero attached hydrogens (tertiary/aromatic N) is 2. The zero-order valence-electron chi connectivity index (χ0n) is 22.8. The zero-order valence-corrected chi connectivity index (χ0v) is 29.2. The summed E-state index contributed by atoms with van der Waals surface area (Å²) in [6.07, 6.45) is 3.46. The van der Waals surface area contributed by atoms with Crippen LogP contribution in [0.1, 0.15) is 22.5 Å². The van der Waals surface area contributed by atoms with Gasteiger partial charge in [-0.1, -0.05) is 70.0 Å². The first-order chi connectivity index (χ1) is 20.7. The van der Waals surface area contributed by atoms with Crippen molar-refractivity contribution >= 4 is 69.6 Å². The molecule has 18 heteroatoms. The van der Waals surface area contributed by atoms with Crippen LogP contribution in [-0.4, -0.2) is 15.3 Å². The molecule has 0 saturated carbocycles. The second-order valence-electron chi connectivity index (χ2n) is 8.08. The fourth-order valence-electron chi connectivity index (χ4n) is 3.15. The summed E-state index contributed by atoms with van der Waals surface area (Å²) in [5, 5.41) is 31.1. The van der Waals surface area contributed by atoms with Gasteiger partial charge in [0.2, 0.25) is 0 Å². The Labute approximate surface area is 303 Å². The molecule has 0 fully saturated rings. The van der Waals surface area contributed by atoms with Gasteiger partial charge in [-0.2, -0.15) is 0 Å². The van der Waals surface area contributed by atoms with E-state index in [0.717, 1.165) is 11.4 Å². The van der Waals surface area contributed by atoms with E-state index in [1.54, 1.807) is 24.5 Å². The van der Waals surface area contributed by atoms with E-state index in [9.17, 15) is 10.2 Å². The van der Waals surface area contributed by atoms with E-state index < -0.39 is 10.2 Å². The van der Waals surface area contributed by atoms with Crippen molar-refractivity contribution in [3.63, 3.8) is 0 Å². The van der Waals surface area contributed by atoms with Gasteiger partial charge in [0.1, 0.15) is 0 Å². The molecular weight excluding hydrogens is 780 g/mol. The molecule has 10 nitrogen and oxygen atoms in total. The fourth-order valence-corrected chi connectivity index (χ4v) is 4.22. The van der Waals surface area contributed by atoms with Crippen LogP contribution in [0.15, 0.2) is 73.1 Å². The normalized spacial score (nSPS) is 10.2. The van der Waals surface area contributed by atoms with Crippen LogP contribution in [-0.2, 0) is 43.2 Å². The predicted molar refractivity (Wildman–Crippen MR) is 158 cm³/mol. The summed E-state index contributed by atoms with van der Waals surface area (Å²) in [5.41, 5.74) is 2.95. The third-order valence-corrected chi connectivity index (χ3v) is 5.86. The Hall–Kier alpha value is -1.35. The molecule has 2 N–H and O–H groups in total. The molecule has 0 aliphatic heterocycles. The van der Waals surface area contributed by atoms with Crippen molar-refractivity contribution in [2.24, 2.45) is 0 Å². The molecule has 1 radical (unpaired) electrons. The Morgan fingerprint density at radius 1 is 0.600 bits per heavy atom. The molecule has 2 aromatic heterocycles. The molecule has 2 aromatic carbocycles. The first-order valence-corrected chi connectivity index (χ1v) is 15.8. The third-order valence-electron chi connectivity index (χ3n) is 4.87. The van der Waals surface area contributed by atoms with Gasteiger partial charge in [-0.15, -0.1) is 33.4 Å². The summed E-state index contributed by atoms with van der Waals surface area (Å²) in [4.78, 5) is 8.35. The van der Waals surface area contributed by atoms with E-state index in [1.165, 1.54) is 12.1 Å². The van der Waals surface area contributed by atoms with Gasteiger partial charge in [-0.05, 0) is 59.7 Å². The maximum atomic E-state index is 11.7. The number of pyridine rings is 2. The van der Waals surface area contributed by atoms with Crippen LogP contribution in [0.5, 0.6) is 11.5 Å². The number of hydrogen-bond acceptors (Lipinski definition) is 10. The quantitative estimate of drug-likeness (QED) is 0.198. The van der Waals surface area contributed by atoms with Crippen molar-refractivity contribution in [3.05, 3.63) is 116 Å². The van der Waals surface area contributed by atoms with E-state index in [2.05, 4.69) is 20.6 Å². The molecule has 0 amide bonds. The van der Waals surface area contributed by atoms with Gasteiger partial charge >= 0.3 is 17.1 Å². The van der Waals surface area contributed by atoms with Crippen LogP contribution in [0.4, 0.5) is 0 Å². The van der Waals surface area contributed by atoms with E-state index >= 15 is 0 Å². The minimum Gasteiger partial charge on any atom is -0.871 e. The van der Waals surface area contributed by atoms with Crippen LogP contribution in [0, 0.1) is 10.2 Å². The van der Waals surface area contributed by atoms with E-state index in [0.29, 0.717) is 47.4 Å². The Kier molecular flexibility index (Phi) is 23.2. The van der Waals surface area contributed by atoms with Crippen molar-refractivity contribution in [2.45, 2.75) is 26.2 Å². The zero-order chi connectivity index (χ0) is 33.1. The van der Waals surface area contributed by atoms with Gasteiger partial charge in [0, 0.05) is 58.7 Å². The number of hydrogen-bond donors (Lipinski definition) is 2. The van der Waals surface area contributed by atoms with Crippen LogP contribution in [0.2, 0.25) is 20.1 Å². The third kappa shape index (κ3) is 20.5. The summed E-state index contributed by atoms with van der Waals surface area (Å²) in [5.74, 6) is -0.371. The van der Waals surface area contributed by atoms with E-state index in [4.69, 9.17) is 88.2 Å². The molecule has 4 rings (SSSR count). The molecule has 4 aromatic rings. The van der Waals surface area contributed by atoms with E-state index in [-0.39, 0.29) is 44.0 Å². The van der Waals surface area contributed by atoms with Crippen molar-refractivity contribution in [3.8, 4) is 11.5 Å². The van der Waals surface area contributed by atoms with Crippen molar-refractivity contribution in [2.75, 3.05) is 5.34 Å². The number of rotatable bonds is 8. The summed E-state index contributed by atoms with van der Waals surface area (Å²) >= 11 is 32.8. The Morgan fingerprint density at radius 2 is 0.933 bits per heavy atom. The summed E-state index contributed by atoms with van der Waals surface area (Å²) < 4.78 is 34.0. The molecular formula is C27H24Cl7FeN4O6+2. The molecule has 0 saturated heterocycles. The molecule has 0 aliphatic carbocycles. The van der Waals surface area contributed by atoms with Gasteiger partial charge in [0.25, 0.3) is 0 Å². The average molecular weight is 805 g/mol. The van der Waals surface area contributed by atoms with Crippen LogP contribution < -0.4 is 39.5 Å². The van der Waals surface area contributed by atoms with Gasteiger partial charge < -0.3 is 20.8 Å². The second kappa shape index (κ2) is 23.9. The largest absolute Gasteiger partial charge is 5.00 e. The molecule has 2 heterocycles. The minimum atomic E-state index is -4.94. The topological polar surface area (TPSA) is 188 Å². The number of alkyl halides is 2. The van der Waals surface area contributed by atoms with Crippen LogP contribution in [0.25, 0.3) is 0 Å². The van der Waals surface area contributed by atoms with Gasteiger partial charge in [0.05, 0.1) is 16.7 Å². The Morgan fingerprint density at radius 3 is 1.22 bits per heavy atom. The fraction of sp³-hybridized carbons (Fsp3) is 0.185. The summed E-state index contributed by atoms with van der Waals surface area (Å²) in [7, 11) is -4.94. The molecule has 45 heavy (non-hydrogen) atoms. The van der Waals surface area contributed by atoms with Crippen molar-refractivity contribution in [1.82, 2.24) is 20.6 Å². The van der Waals surface area contributed by atoms with Gasteiger partial charge in [-0.3, -0.25) is 9.97 Å². The average Bonchev–Trinajstić information content (AvgIpc) is 2.95. The van der Waals surface area contributed by atoms with Crippen LogP contribution >= 0.6 is 69.6 Å². The first-order valence-electron chi connectivity index (χ1n) is 12.0. The van der Waals surface area contributed by atoms with Gasteiger partial charge in [-0.25, -0.2) is 18.6 Å². The van der Waals surface area contributed by atoms with Gasteiger partial charge in [0.15, 0.2) is 0 Å². The molecule has 0 bridgehead atoms. The number of benzene rings is 2. The SMILES string of the molecule is ClCCl.[Fe+5].[O-][Cl+3]([O-])([O-])[O-].[O-]c1c(Cl)cc(Cl)cc1CNCc1ccccn1.[O-]c1c(Cl)cc(Cl)cc1CNCc1ccccn1. The predicted octanol–water partition coefficient (Wildman–Crippen LogP) is 2.17. The monoisotopic (exact) mass is 801 g/mol. The number of aromatic nitrogens is 2. The maximum Gasteiger partial charge on any atom is 5.00 e. The maximum absolute atomic E-state index is 11.7. The van der Waals surface area contributed by atoms with Crippen molar-refractivity contribution < 1.29 is 56.2 Å². The Bertz CT molecular complexity index is 1290. The van der Waals surface area contributed by atoms with E-state index in [1.807, 2.05) is 36.4 Å². The Balaban J connectivity index is 0.000000684. The van der Waals surface area contributed by atoms with Crippen LogP contribution in [0.3, 0.4) is 0 Å². The summed E-state index contributed by atoms with van der Waals surface area (Å²) in [6.45, 7) is 2.00. The standard InChI is InChI=1S/2C13H12Cl2N2O.CH2Cl2.ClHO4.Fe/c2*14-10-5-9(13(18)12(15)6-10)7-16-8-11-3-1-2-4-17-11;2-1-3;2-1(3,4)5;/h2*1-6,16,18H,7-8H2;1H2;(H,2,3,4,5);/q;;;;+5/p-3. The molecule has 243 valence electrons. The molecule has 0 atom stereocenters. The molecule has 0 aliphatic rings. The minimum absolute atomic E-state index is 0. The molecule has 0 spiro atoms. The summed E-state index contributed by atoms with van der Waals surface area (Å²) in [6, 6.07) is 17.5.